The molecule has 126 valence electrons. The smallest absolute Gasteiger partial charge is 0.322 e. The minimum atomic E-state index is -0.0390. The molecule has 0 saturated carbocycles. The zero-order valence-corrected chi connectivity index (χ0v) is 13.8. The number of nitrogens with zero attached hydrogens (tertiary/aromatic N) is 1. The third-order valence-electron chi connectivity index (χ3n) is 4.58. The molecule has 1 aliphatic heterocycles. The van der Waals surface area contributed by atoms with E-state index in [2.05, 4.69) is 17.4 Å². The van der Waals surface area contributed by atoms with Gasteiger partial charge in [0.15, 0.2) is 0 Å². The first kappa shape index (κ1) is 16.5. The van der Waals surface area contributed by atoms with E-state index in [1.807, 2.05) is 47.4 Å². The summed E-state index contributed by atoms with van der Waals surface area (Å²) in [7, 11) is 0. The Balaban J connectivity index is 1.62. The Bertz CT molecular complexity index is 655. The summed E-state index contributed by atoms with van der Waals surface area (Å²) < 4.78 is 0. The number of anilines is 1. The maximum absolute atomic E-state index is 12.5. The van der Waals surface area contributed by atoms with E-state index < -0.39 is 0 Å². The van der Waals surface area contributed by atoms with E-state index in [1.54, 1.807) is 0 Å². The number of hydrogen-bond acceptors (Lipinski definition) is 2. The van der Waals surface area contributed by atoms with Crippen LogP contribution in [0.15, 0.2) is 54.6 Å². The highest BCUT2D eigenvalue weighted by atomic mass is 16.3. The second kappa shape index (κ2) is 7.97. The first-order valence-electron chi connectivity index (χ1n) is 8.62. The normalized spacial score (nSPS) is 17.0. The Hall–Kier alpha value is -2.33. The molecule has 1 unspecified atom stereocenters. The summed E-state index contributed by atoms with van der Waals surface area (Å²) in [5.41, 5.74) is 3.11. The standard InChI is InChI=1S/C20H24N2O2/c23-15-5-9-19-8-4-14-22(19)20(24)21-18-12-10-17(11-13-18)16-6-2-1-3-7-16/h1-3,6-7,10-13,19,23H,4-5,8-9,14-15H2,(H,21,24). The van der Waals surface area contributed by atoms with E-state index in [-0.39, 0.29) is 18.7 Å². The monoisotopic (exact) mass is 324 g/mol. The fourth-order valence-corrected chi connectivity index (χ4v) is 3.30. The summed E-state index contributed by atoms with van der Waals surface area (Å²) in [6, 6.07) is 18.3. The average Bonchev–Trinajstić information content (AvgIpc) is 3.10. The Morgan fingerprint density at radius 2 is 1.79 bits per heavy atom. The minimum Gasteiger partial charge on any atom is -0.396 e. The van der Waals surface area contributed by atoms with Crippen molar-refractivity contribution in [3.8, 4) is 11.1 Å². The molecule has 2 N–H and O–H groups in total. The molecule has 0 aliphatic carbocycles. The molecule has 4 nitrogen and oxygen atoms in total. The lowest BCUT2D eigenvalue weighted by atomic mass is 10.1. The SMILES string of the molecule is O=C(Nc1ccc(-c2ccccc2)cc1)N1CCCC1CCCO. The van der Waals surface area contributed by atoms with E-state index in [0.29, 0.717) is 0 Å². The Kier molecular flexibility index (Phi) is 5.49. The number of amides is 2. The lowest BCUT2D eigenvalue weighted by Crippen LogP contribution is -2.38. The largest absolute Gasteiger partial charge is 0.396 e. The Morgan fingerprint density at radius 1 is 1.08 bits per heavy atom. The molecule has 4 heteroatoms. The van der Waals surface area contributed by atoms with Crippen LogP contribution in [-0.4, -0.2) is 35.2 Å². The van der Waals surface area contributed by atoms with E-state index in [4.69, 9.17) is 5.11 Å². The van der Waals surface area contributed by atoms with E-state index in [9.17, 15) is 4.79 Å². The van der Waals surface area contributed by atoms with Gasteiger partial charge in [0.25, 0.3) is 0 Å². The van der Waals surface area contributed by atoms with E-state index in [0.717, 1.165) is 43.5 Å². The van der Waals surface area contributed by atoms with Crippen molar-refractivity contribution < 1.29 is 9.90 Å². The molecule has 1 atom stereocenters. The Morgan fingerprint density at radius 3 is 2.50 bits per heavy atom. The highest BCUT2D eigenvalue weighted by Crippen LogP contribution is 2.24. The predicted molar refractivity (Wildman–Crippen MR) is 96.9 cm³/mol. The van der Waals surface area contributed by atoms with Gasteiger partial charge in [0.1, 0.15) is 0 Å². The number of rotatable bonds is 5. The summed E-state index contributed by atoms with van der Waals surface area (Å²) in [5.74, 6) is 0. The van der Waals surface area contributed by atoms with Gasteiger partial charge in [0.2, 0.25) is 0 Å². The van der Waals surface area contributed by atoms with Gasteiger partial charge >= 0.3 is 6.03 Å². The van der Waals surface area contributed by atoms with Gasteiger partial charge in [-0.1, -0.05) is 42.5 Å². The minimum absolute atomic E-state index is 0.0390. The first-order chi connectivity index (χ1) is 11.8. The maximum Gasteiger partial charge on any atom is 0.322 e. The van der Waals surface area contributed by atoms with E-state index >= 15 is 0 Å². The van der Waals surface area contributed by atoms with Crippen molar-refractivity contribution >= 4 is 11.7 Å². The van der Waals surface area contributed by atoms with Gasteiger partial charge in [0, 0.05) is 24.9 Å². The number of carbonyl (C=O) groups is 1. The number of urea groups is 1. The first-order valence-corrected chi connectivity index (χ1v) is 8.62. The molecule has 2 aromatic rings. The van der Waals surface area contributed by atoms with Crippen molar-refractivity contribution in [3.63, 3.8) is 0 Å². The molecule has 1 heterocycles. The van der Waals surface area contributed by atoms with Crippen LogP contribution in [0.25, 0.3) is 11.1 Å². The van der Waals surface area contributed by atoms with Crippen molar-refractivity contribution in [1.29, 1.82) is 0 Å². The number of benzene rings is 2. The van der Waals surface area contributed by atoms with Crippen LogP contribution in [-0.2, 0) is 0 Å². The van der Waals surface area contributed by atoms with Crippen LogP contribution in [0.1, 0.15) is 25.7 Å². The lowest BCUT2D eigenvalue weighted by molar-refractivity contribution is 0.197. The molecule has 0 radical (unpaired) electrons. The fourth-order valence-electron chi connectivity index (χ4n) is 3.30. The summed E-state index contributed by atoms with van der Waals surface area (Å²) in [4.78, 5) is 14.4. The molecule has 2 aromatic carbocycles. The van der Waals surface area contributed by atoms with Crippen LogP contribution in [0.2, 0.25) is 0 Å². The predicted octanol–water partition coefficient (Wildman–Crippen LogP) is 4.12. The quantitative estimate of drug-likeness (QED) is 0.869. The second-order valence-corrected chi connectivity index (χ2v) is 6.23. The molecular weight excluding hydrogens is 300 g/mol. The van der Waals surface area contributed by atoms with Gasteiger partial charge in [-0.25, -0.2) is 4.79 Å². The number of hydrogen-bond donors (Lipinski definition) is 2. The number of aliphatic hydroxyl groups is 1. The van der Waals surface area contributed by atoms with Crippen molar-refractivity contribution in [3.05, 3.63) is 54.6 Å². The number of carbonyl (C=O) groups excluding carboxylic acids is 1. The number of nitrogens with one attached hydrogen (secondary N) is 1. The van der Waals surface area contributed by atoms with Crippen LogP contribution in [0.4, 0.5) is 10.5 Å². The van der Waals surface area contributed by atoms with Gasteiger partial charge in [-0.2, -0.15) is 0 Å². The molecular formula is C20H24N2O2. The topological polar surface area (TPSA) is 52.6 Å². The Labute approximate surface area is 143 Å². The van der Waals surface area contributed by atoms with Crippen molar-refractivity contribution in [2.24, 2.45) is 0 Å². The molecule has 3 rings (SSSR count). The molecule has 0 spiro atoms. The van der Waals surface area contributed by atoms with Gasteiger partial charge in [-0.15, -0.1) is 0 Å². The third kappa shape index (κ3) is 3.95. The van der Waals surface area contributed by atoms with Gasteiger partial charge < -0.3 is 15.3 Å². The molecule has 1 fully saturated rings. The number of aliphatic hydroxyl groups excluding tert-OH is 1. The van der Waals surface area contributed by atoms with Crippen LogP contribution in [0.5, 0.6) is 0 Å². The van der Waals surface area contributed by atoms with E-state index in [1.165, 1.54) is 5.56 Å². The average molecular weight is 324 g/mol. The molecule has 0 aromatic heterocycles. The zero-order valence-electron chi connectivity index (χ0n) is 13.8. The van der Waals surface area contributed by atoms with Crippen molar-refractivity contribution in [2.45, 2.75) is 31.7 Å². The van der Waals surface area contributed by atoms with Crippen molar-refractivity contribution in [2.75, 3.05) is 18.5 Å². The highest BCUT2D eigenvalue weighted by molar-refractivity contribution is 5.90. The van der Waals surface area contributed by atoms with Gasteiger partial charge in [0.05, 0.1) is 0 Å². The zero-order chi connectivity index (χ0) is 16.8. The van der Waals surface area contributed by atoms with Crippen molar-refractivity contribution in [1.82, 2.24) is 4.90 Å². The summed E-state index contributed by atoms with van der Waals surface area (Å²) >= 11 is 0. The third-order valence-corrected chi connectivity index (χ3v) is 4.58. The molecule has 1 aliphatic rings. The molecule has 0 bridgehead atoms. The number of likely N-dealkylation sites (tertiary alicyclic amines) is 1. The summed E-state index contributed by atoms with van der Waals surface area (Å²) in [6.07, 6.45) is 3.69. The molecule has 24 heavy (non-hydrogen) atoms. The van der Waals surface area contributed by atoms with Crippen LogP contribution in [0.3, 0.4) is 0 Å². The molecule has 1 saturated heterocycles. The fraction of sp³-hybridized carbons (Fsp3) is 0.350. The van der Waals surface area contributed by atoms with Gasteiger partial charge in [-0.3, -0.25) is 0 Å². The van der Waals surface area contributed by atoms with Crippen LogP contribution in [0, 0.1) is 0 Å². The molecule has 2 amide bonds. The van der Waals surface area contributed by atoms with Crippen LogP contribution >= 0.6 is 0 Å². The van der Waals surface area contributed by atoms with Crippen LogP contribution < -0.4 is 5.32 Å². The highest BCUT2D eigenvalue weighted by Gasteiger charge is 2.28. The summed E-state index contributed by atoms with van der Waals surface area (Å²) in [5, 5.41) is 12.0. The lowest BCUT2D eigenvalue weighted by Gasteiger charge is -2.25. The summed E-state index contributed by atoms with van der Waals surface area (Å²) in [6.45, 7) is 0.983. The van der Waals surface area contributed by atoms with Gasteiger partial charge in [-0.05, 0) is 48.9 Å². The maximum atomic E-state index is 12.5. The second-order valence-electron chi connectivity index (χ2n) is 6.23.